The Bertz CT molecular complexity index is 808. The lowest BCUT2D eigenvalue weighted by atomic mass is 10.1. The van der Waals surface area contributed by atoms with E-state index < -0.39 is 0 Å². The molecule has 0 fully saturated rings. The lowest BCUT2D eigenvalue weighted by Gasteiger charge is -2.01. The molecule has 2 heterocycles. The summed E-state index contributed by atoms with van der Waals surface area (Å²) in [5.74, 6) is 0.154. The monoisotopic (exact) mass is 284 g/mol. The van der Waals surface area contributed by atoms with Crippen LogP contribution in [-0.2, 0) is 0 Å². The van der Waals surface area contributed by atoms with E-state index in [1.807, 2.05) is 6.07 Å². The number of benzene rings is 1. The maximum absolute atomic E-state index is 12.3. The molecule has 0 aliphatic rings. The van der Waals surface area contributed by atoms with Crippen LogP contribution in [0.15, 0.2) is 30.5 Å². The molecule has 2 aromatic heterocycles. The predicted molar refractivity (Wildman–Crippen MR) is 80.5 cm³/mol. The van der Waals surface area contributed by atoms with Gasteiger partial charge in [0.2, 0.25) is 0 Å². The second-order valence-corrected chi connectivity index (χ2v) is 5.04. The minimum absolute atomic E-state index is 0.0372. The van der Waals surface area contributed by atoms with Gasteiger partial charge >= 0.3 is 0 Å². The first kappa shape index (κ1) is 13.6. The van der Waals surface area contributed by atoms with E-state index >= 15 is 0 Å². The number of carbonyl (C=O) groups excluding carboxylic acids is 1. The van der Waals surface area contributed by atoms with Gasteiger partial charge < -0.3 is 15.2 Å². The Kier molecular flexibility index (Phi) is 3.58. The fourth-order valence-corrected chi connectivity index (χ4v) is 2.54. The van der Waals surface area contributed by atoms with Gasteiger partial charge in [0.25, 0.3) is 0 Å². The maximum Gasteiger partial charge on any atom is 0.183 e. The van der Waals surface area contributed by atoms with E-state index in [4.69, 9.17) is 5.11 Å². The summed E-state index contributed by atoms with van der Waals surface area (Å²) in [7, 11) is 0. The average Bonchev–Trinajstić information content (AvgIpc) is 2.85. The number of ketones is 1. The third-order valence-corrected chi connectivity index (χ3v) is 3.58. The van der Waals surface area contributed by atoms with E-state index in [0.29, 0.717) is 30.5 Å². The molecular weight excluding hydrogens is 268 g/mol. The molecule has 0 bridgehead atoms. The van der Waals surface area contributed by atoms with Crippen LogP contribution in [0.5, 0.6) is 5.75 Å². The highest BCUT2D eigenvalue weighted by atomic mass is 16.3. The van der Waals surface area contributed by atoms with Crippen molar-refractivity contribution in [3.05, 3.63) is 36.2 Å². The summed E-state index contributed by atoms with van der Waals surface area (Å²) >= 11 is 0. The topological polar surface area (TPSA) is 86.2 Å². The highest BCUT2D eigenvalue weighted by molar-refractivity contribution is 6.14. The Morgan fingerprint density at radius 3 is 2.86 bits per heavy atom. The van der Waals surface area contributed by atoms with E-state index in [1.165, 1.54) is 0 Å². The summed E-state index contributed by atoms with van der Waals surface area (Å²) in [6, 6.07) is 6.89. The van der Waals surface area contributed by atoms with E-state index in [1.54, 1.807) is 24.4 Å². The third kappa shape index (κ3) is 2.48. The van der Waals surface area contributed by atoms with Gasteiger partial charge in [-0.2, -0.15) is 0 Å². The largest absolute Gasteiger partial charge is 0.508 e. The zero-order valence-electron chi connectivity index (χ0n) is 11.5. The van der Waals surface area contributed by atoms with Crippen LogP contribution < -0.4 is 0 Å². The summed E-state index contributed by atoms with van der Waals surface area (Å²) < 4.78 is 0. The molecule has 0 radical (unpaired) electrons. The Morgan fingerprint density at radius 1 is 1.19 bits per heavy atom. The molecule has 0 unspecified atom stereocenters. The number of fused-ring (bicyclic) bond motifs is 3. The van der Waals surface area contributed by atoms with E-state index in [-0.39, 0.29) is 18.1 Å². The number of pyridine rings is 1. The molecule has 21 heavy (non-hydrogen) atoms. The second kappa shape index (κ2) is 5.54. The number of nitrogens with one attached hydrogen (secondary N) is 1. The number of phenols is 1. The molecule has 3 rings (SSSR count). The maximum atomic E-state index is 12.3. The number of aliphatic hydroxyl groups is 1. The number of H-pyrrole nitrogens is 1. The Hall–Kier alpha value is -2.40. The Labute approximate surface area is 121 Å². The van der Waals surface area contributed by atoms with E-state index in [9.17, 15) is 9.90 Å². The van der Waals surface area contributed by atoms with Crippen molar-refractivity contribution in [3.8, 4) is 5.75 Å². The molecule has 5 heteroatoms. The number of aromatic nitrogens is 2. The second-order valence-electron chi connectivity index (χ2n) is 5.04. The van der Waals surface area contributed by atoms with E-state index in [2.05, 4.69) is 9.97 Å². The lowest BCUT2D eigenvalue weighted by molar-refractivity contribution is 0.0974. The molecule has 5 nitrogen and oxygen atoms in total. The summed E-state index contributed by atoms with van der Waals surface area (Å²) in [6.07, 6.45) is 3.24. The van der Waals surface area contributed by atoms with Crippen LogP contribution in [0.25, 0.3) is 21.8 Å². The number of carbonyl (C=O) groups is 1. The molecule has 0 saturated heterocycles. The third-order valence-electron chi connectivity index (χ3n) is 3.58. The van der Waals surface area contributed by atoms with Gasteiger partial charge in [0, 0.05) is 35.5 Å². The number of unbranched alkanes of at least 4 members (excludes halogenated alkanes) is 1. The molecule has 0 saturated carbocycles. The minimum atomic E-state index is -0.0372. The quantitative estimate of drug-likeness (QED) is 0.496. The highest BCUT2D eigenvalue weighted by Gasteiger charge is 2.15. The van der Waals surface area contributed by atoms with Crippen LogP contribution in [0.1, 0.15) is 29.8 Å². The number of aliphatic hydroxyl groups excluding tert-OH is 1. The zero-order valence-corrected chi connectivity index (χ0v) is 11.5. The summed E-state index contributed by atoms with van der Waals surface area (Å²) in [5, 5.41) is 20.1. The lowest BCUT2D eigenvalue weighted by Crippen LogP contribution is -2.03. The van der Waals surface area contributed by atoms with Crippen LogP contribution in [0, 0.1) is 0 Å². The first-order valence-corrected chi connectivity index (χ1v) is 6.94. The van der Waals surface area contributed by atoms with Gasteiger partial charge in [-0.1, -0.05) is 0 Å². The van der Waals surface area contributed by atoms with Crippen molar-refractivity contribution in [3.63, 3.8) is 0 Å². The number of nitrogens with zero attached hydrogens (tertiary/aromatic N) is 1. The smallest absolute Gasteiger partial charge is 0.183 e. The van der Waals surface area contributed by atoms with Gasteiger partial charge in [-0.05, 0) is 37.1 Å². The summed E-state index contributed by atoms with van der Waals surface area (Å²) in [6.45, 7) is 0.0938. The standard InChI is InChI=1S/C16H16N2O3/c19-8-2-1-3-14(21)16-15-11(6-7-17-16)12-9-10(20)4-5-13(12)18-15/h4-7,9,18-20H,1-3,8H2. The SMILES string of the molecule is O=C(CCCCO)c1nccc2c1[nH]c1ccc(O)cc12. The predicted octanol–water partition coefficient (Wildman–Crippen LogP) is 2.77. The normalized spacial score (nSPS) is 11.3. The van der Waals surface area contributed by atoms with Crippen LogP contribution in [0.2, 0.25) is 0 Å². The number of aromatic amines is 1. The number of Topliss-reactive ketones (excluding diaryl/α,β-unsaturated/α-hetero) is 1. The molecule has 0 amide bonds. The first-order valence-electron chi connectivity index (χ1n) is 6.94. The molecule has 3 N–H and O–H groups in total. The number of hydrogen-bond donors (Lipinski definition) is 3. The van der Waals surface area contributed by atoms with Gasteiger partial charge in [0.15, 0.2) is 5.78 Å². The van der Waals surface area contributed by atoms with Crippen molar-refractivity contribution < 1.29 is 15.0 Å². The molecule has 0 aliphatic heterocycles. The Balaban J connectivity index is 2.07. The summed E-state index contributed by atoms with van der Waals surface area (Å²) in [5.41, 5.74) is 1.98. The molecule has 0 spiro atoms. The van der Waals surface area contributed by atoms with Crippen molar-refractivity contribution in [2.45, 2.75) is 19.3 Å². The zero-order chi connectivity index (χ0) is 14.8. The van der Waals surface area contributed by atoms with Crippen LogP contribution >= 0.6 is 0 Å². The van der Waals surface area contributed by atoms with Crippen molar-refractivity contribution in [1.29, 1.82) is 0 Å². The number of phenolic OH excluding ortho intramolecular Hbond substituents is 1. The van der Waals surface area contributed by atoms with Crippen LogP contribution in [-0.4, -0.2) is 32.6 Å². The number of aromatic hydroxyl groups is 1. The molecule has 0 atom stereocenters. The van der Waals surface area contributed by atoms with Crippen molar-refractivity contribution in [1.82, 2.24) is 9.97 Å². The fourth-order valence-electron chi connectivity index (χ4n) is 2.54. The van der Waals surface area contributed by atoms with Gasteiger partial charge in [0.1, 0.15) is 11.4 Å². The van der Waals surface area contributed by atoms with Gasteiger partial charge in [-0.3, -0.25) is 9.78 Å². The van der Waals surface area contributed by atoms with Crippen molar-refractivity contribution in [2.24, 2.45) is 0 Å². The molecule has 3 aromatic rings. The highest BCUT2D eigenvalue weighted by Crippen LogP contribution is 2.29. The van der Waals surface area contributed by atoms with Crippen LogP contribution in [0.4, 0.5) is 0 Å². The van der Waals surface area contributed by atoms with Gasteiger partial charge in [-0.15, -0.1) is 0 Å². The van der Waals surface area contributed by atoms with Gasteiger partial charge in [-0.25, -0.2) is 0 Å². The number of rotatable bonds is 5. The van der Waals surface area contributed by atoms with Crippen molar-refractivity contribution in [2.75, 3.05) is 6.61 Å². The Morgan fingerprint density at radius 2 is 2.05 bits per heavy atom. The molecular formula is C16H16N2O3. The average molecular weight is 284 g/mol. The first-order chi connectivity index (χ1) is 10.2. The fraction of sp³-hybridized carbons (Fsp3) is 0.250. The van der Waals surface area contributed by atoms with Gasteiger partial charge in [0.05, 0.1) is 5.52 Å². The molecule has 108 valence electrons. The van der Waals surface area contributed by atoms with Crippen LogP contribution in [0.3, 0.4) is 0 Å². The molecule has 0 aliphatic carbocycles. The summed E-state index contributed by atoms with van der Waals surface area (Å²) in [4.78, 5) is 19.7. The van der Waals surface area contributed by atoms with Crippen molar-refractivity contribution >= 4 is 27.6 Å². The minimum Gasteiger partial charge on any atom is -0.508 e. The molecule has 1 aromatic carbocycles. The number of hydrogen-bond acceptors (Lipinski definition) is 4. The van der Waals surface area contributed by atoms with E-state index in [0.717, 1.165) is 16.3 Å².